The molecule has 0 aliphatic rings. The van der Waals surface area contributed by atoms with E-state index in [1.807, 2.05) is 0 Å². The van der Waals surface area contributed by atoms with Crippen LogP contribution in [0.15, 0.2) is 34.7 Å². The van der Waals surface area contributed by atoms with Crippen LogP contribution in [0.2, 0.25) is 5.02 Å². The van der Waals surface area contributed by atoms with E-state index < -0.39 is 10.0 Å². The van der Waals surface area contributed by atoms with E-state index in [4.69, 9.17) is 11.6 Å². The minimum Gasteiger partial charge on any atom is -0.302 e. The zero-order valence-electron chi connectivity index (χ0n) is 10.3. The molecule has 0 fully saturated rings. The Kier molecular flexibility index (Phi) is 4.26. The van der Waals surface area contributed by atoms with Crippen molar-refractivity contribution >= 4 is 49.7 Å². The molecule has 0 atom stereocenters. The molecule has 2 aromatic rings. The van der Waals surface area contributed by atoms with E-state index in [0.717, 1.165) is 11.3 Å². The summed E-state index contributed by atoms with van der Waals surface area (Å²) in [5, 5.41) is 3.08. The van der Waals surface area contributed by atoms with Crippen LogP contribution in [0.1, 0.15) is 6.92 Å². The molecule has 0 spiro atoms. The number of anilines is 2. The second-order valence-electron chi connectivity index (χ2n) is 3.78. The monoisotopic (exact) mass is 331 g/mol. The van der Waals surface area contributed by atoms with Crippen molar-refractivity contribution in [3.8, 4) is 0 Å². The number of hydrogen-bond acceptors (Lipinski definition) is 5. The smallest absolute Gasteiger partial charge is 0.273 e. The van der Waals surface area contributed by atoms with Crippen molar-refractivity contribution in [3.05, 3.63) is 35.5 Å². The Morgan fingerprint density at radius 1 is 1.40 bits per heavy atom. The van der Waals surface area contributed by atoms with Crippen molar-refractivity contribution in [2.45, 2.75) is 11.1 Å². The van der Waals surface area contributed by atoms with Gasteiger partial charge in [-0.25, -0.2) is 13.4 Å². The number of hydrogen-bond donors (Lipinski definition) is 2. The van der Waals surface area contributed by atoms with Gasteiger partial charge in [0, 0.05) is 11.9 Å². The summed E-state index contributed by atoms with van der Waals surface area (Å²) in [4.78, 5) is 14.7. The van der Waals surface area contributed by atoms with Crippen molar-refractivity contribution in [2.75, 3.05) is 10.0 Å². The predicted molar refractivity (Wildman–Crippen MR) is 78.7 cm³/mol. The van der Waals surface area contributed by atoms with Crippen LogP contribution in [0.4, 0.5) is 10.8 Å². The van der Waals surface area contributed by atoms with Crippen LogP contribution in [0.5, 0.6) is 0 Å². The van der Waals surface area contributed by atoms with Gasteiger partial charge in [-0.3, -0.25) is 9.52 Å². The number of rotatable bonds is 4. The van der Waals surface area contributed by atoms with E-state index in [0.29, 0.717) is 10.7 Å². The lowest BCUT2D eigenvalue weighted by Gasteiger charge is -2.05. The van der Waals surface area contributed by atoms with Crippen LogP contribution in [0.3, 0.4) is 0 Å². The summed E-state index contributed by atoms with van der Waals surface area (Å²) in [6.07, 6.45) is 1.18. The summed E-state index contributed by atoms with van der Waals surface area (Å²) >= 11 is 6.65. The van der Waals surface area contributed by atoms with Gasteiger partial charge in [0.05, 0.1) is 11.9 Å². The maximum absolute atomic E-state index is 12.1. The third-order valence-corrected chi connectivity index (χ3v) is 5.10. The van der Waals surface area contributed by atoms with E-state index in [1.165, 1.54) is 19.2 Å². The number of nitrogens with one attached hydrogen (secondary N) is 2. The van der Waals surface area contributed by atoms with Crippen LogP contribution < -0.4 is 10.0 Å². The predicted octanol–water partition coefficient (Wildman–Crippen LogP) is 2.56. The third-order valence-electron chi connectivity index (χ3n) is 2.11. The first kappa shape index (κ1) is 14.8. The second kappa shape index (κ2) is 5.78. The van der Waals surface area contributed by atoms with Gasteiger partial charge in [0.1, 0.15) is 0 Å². The van der Waals surface area contributed by atoms with Crippen molar-refractivity contribution < 1.29 is 13.2 Å². The van der Waals surface area contributed by atoms with Crippen molar-refractivity contribution in [2.24, 2.45) is 0 Å². The van der Waals surface area contributed by atoms with Gasteiger partial charge in [-0.05, 0) is 18.2 Å². The molecule has 1 aromatic heterocycles. The minimum atomic E-state index is -3.75. The average Bonchev–Trinajstić information content (AvgIpc) is 2.76. The lowest BCUT2D eigenvalue weighted by molar-refractivity contribution is -0.114. The molecule has 0 aliphatic carbocycles. The van der Waals surface area contributed by atoms with Crippen LogP contribution in [0, 0.1) is 0 Å². The number of carbonyl (C=O) groups is 1. The zero-order valence-corrected chi connectivity index (χ0v) is 12.6. The van der Waals surface area contributed by atoms with Crippen LogP contribution >= 0.6 is 22.9 Å². The van der Waals surface area contributed by atoms with Crippen LogP contribution in [-0.2, 0) is 14.8 Å². The zero-order chi connectivity index (χ0) is 14.8. The van der Waals surface area contributed by atoms with E-state index in [2.05, 4.69) is 15.0 Å². The van der Waals surface area contributed by atoms with Crippen molar-refractivity contribution in [1.82, 2.24) is 4.98 Å². The second-order valence-corrected chi connectivity index (χ2v) is 7.16. The highest BCUT2D eigenvalue weighted by atomic mass is 35.5. The van der Waals surface area contributed by atoms with Crippen LogP contribution in [0.25, 0.3) is 0 Å². The van der Waals surface area contributed by atoms with E-state index in [-0.39, 0.29) is 15.2 Å². The van der Waals surface area contributed by atoms with Gasteiger partial charge in [-0.2, -0.15) is 0 Å². The Bertz CT molecular complexity index is 743. The molecule has 20 heavy (non-hydrogen) atoms. The number of aromatic nitrogens is 1. The largest absolute Gasteiger partial charge is 0.302 e. The van der Waals surface area contributed by atoms with Gasteiger partial charge < -0.3 is 5.32 Å². The maximum atomic E-state index is 12.1. The molecule has 0 saturated heterocycles. The Hall–Kier alpha value is -1.64. The molecule has 1 aromatic carbocycles. The number of nitrogens with zero attached hydrogens (tertiary/aromatic N) is 1. The Morgan fingerprint density at radius 2 is 2.15 bits per heavy atom. The Balaban J connectivity index is 2.22. The topological polar surface area (TPSA) is 88.2 Å². The fourth-order valence-corrected chi connectivity index (χ4v) is 3.67. The number of sulfonamides is 1. The van der Waals surface area contributed by atoms with Gasteiger partial charge in [-0.15, -0.1) is 0 Å². The number of benzene rings is 1. The summed E-state index contributed by atoms with van der Waals surface area (Å²) < 4.78 is 26.6. The Labute approximate surface area is 124 Å². The summed E-state index contributed by atoms with van der Waals surface area (Å²) in [6.45, 7) is 1.32. The molecule has 1 heterocycles. The SMILES string of the molecule is CC(=O)Nc1ncc(S(=O)(=O)Nc2cccc(Cl)c2)s1. The summed E-state index contributed by atoms with van der Waals surface area (Å²) in [5.74, 6) is -0.314. The van der Waals surface area contributed by atoms with Gasteiger partial charge in [0.15, 0.2) is 9.34 Å². The highest BCUT2D eigenvalue weighted by Gasteiger charge is 2.18. The Morgan fingerprint density at radius 3 is 2.80 bits per heavy atom. The lowest BCUT2D eigenvalue weighted by atomic mass is 10.3. The molecular weight excluding hydrogens is 322 g/mol. The molecule has 9 heteroatoms. The number of thiazole rings is 1. The molecular formula is C11H10ClN3O3S2. The first-order valence-electron chi connectivity index (χ1n) is 5.38. The number of amides is 1. The molecule has 1 amide bonds. The fraction of sp³-hybridized carbons (Fsp3) is 0.0909. The normalized spacial score (nSPS) is 11.1. The molecule has 0 aliphatic heterocycles. The van der Waals surface area contributed by atoms with Gasteiger partial charge >= 0.3 is 0 Å². The summed E-state index contributed by atoms with van der Waals surface area (Å²) in [6, 6.07) is 6.35. The van der Waals surface area contributed by atoms with E-state index in [1.54, 1.807) is 18.2 Å². The minimum absolute atomic E-state index is 0.00113. The van der Waals surface area contributed by atoms with E-state index >= 15 is 0 Å². The molecule has 0 saturated carbocycles. The maximum Gasteiger partial charge on any atom is 0.273 e. The average molecular weight is 332 g/mol. The highest BCUT2D eigenvalue weighted by molar-refractivity contribution is 7.94. The third kappa shape index (κ3) is 3.69. The number of carbonyl (C=O) groups excluding carboxylic acids is 1. The lowest BCUT2D eigenvalue weighted by Crippen LogP contribution is -2.11. The number of halogens is 1. The summed E-state index contributed by atoms with van der Waals surface area (Å²) in [5.41, 5.74) is 0.354. The first-order valence-corrected chi connectivity index (χ1v) is 8.06. The quantitative estimate of drug-likeness (QED) is 0.901. The summed E-state index contributed by atoms with van der Waals surface area (Å²) in [7, 11) is -3.75. The standard InChI is InChI=1S/C11H10ClN3O3S2/c1-7(16)14-11-13-6-10(19-11)20(17,18)15-9-4-2-3-8(12)5-9/h2-6,15H,1H3,(H,13,14,16). The molecule has 2 N–H and O–H groups in total. The van der Waals surface area contributed by atoms with E-state index in [9.17, 15) is 13.2 Å². The van der Waals surface area contributed by atoms with Crippen molar-refractivity contribution in [3.63, 3.8) is 0 Å². The van der Waals surface area contributed by atoms with Gasteiger partial charge in [0.2, 0.25) is 5.91 Å². The molecule has 0 bridgehead atoms. The van der Waals surface area contributed by atoms with Gasteiger partial charge in [0.25, 0.3) is 10.0 Å². The van der Waals surface area contributed by atoms with Crippen molar-refractivity contribution in [1.29, 1.82) is 0 Å². The molecule has 6 nitrogen and oxygen atoms in total. The molecule has 0 unspecified atom stereocenters. The first-order chi connectivity index (χ1) is 9.37. The highest BCUT2D eigenvalue weighted by Crippen LogP contribution is 2.25. The molecule has 0 radical (unpaired) electrons. The molecule has 106 valence electrons. The van der Waals surface area contributed by atoms with Gasteiger partial charge in [-0.1, -0.05) is 29.0 Å². The fourth-order valence-electron chi connectivity index (χ4n) is 1.35. The molecule has 2 rings (SSSR count). The van der Waals surface area contributed by atoms with Crippen LogP contribution in [-0.4, -0.2) is 19.3 Å².